The molecular weight excluding hydrogens is 648 g/mol. The average Bonchev–Trinajstić information content (AvgIpc) is 3.54. The van der Waals surface area contributed by atoms with Crippen molar-refractivity contribution in [1.29, 1.82) is 0 Å². The molecule has 0 radical (unpaired) electrons. The van der Waals surface area contributed by atoms with E-state index in [9.17, 15) is 30.6 Å². The molecule has 4 aliphatic carbocycles. The van der Waals surface area contributed by atoms with Crippen LogP contribution in [0, 0.1) is 46.3 Å². The highest BCUT2D eigenvalue weighted by Crippen LogP contribution is 2.70. The Labute approximate surface area is 295 Å². The van der Waals surface area contributed by atoms with Crippen LogP contribution in [0.4, 0.5) is 0 Å². The summed E-state index contributed by atoms with van der Waals surface area (Å²) in [7, 11) is 0. The maximum Gasteiger partial charge on any atom is 0.186 e. The Hall–Kier alpha value is -0.740. The van der Waals surface area contributed by atoms with Crippen molar-refractivity contribution in [3.63, 3.8) is 0 Å². The zero-order valence-electron chi connectivity index (χ0n) is 30.0. The standard InChI is InChI=1S/C38H60O12/c1-18-7-12-38(46-16-18)19(2)28-26(50-38)14-24-22-6-5-20-13-21(8-10-36(20,3)23(22)9-11-37(24,28)4)47-35-32(44)33(30(42)27(15-39)48-35)49-34-31(43)29(41)25(40)17-45-34/h5,18-19,21-35,39-44H,6-17H2,1-4H3/t18-,19+,21-,22-,23+,24+,25-,26+,27-,28+,29+,30-,31-,32-,33+,34+,35-,36+,37+,38-/m1/s1. The predicted octanol–water partition coefficient (Wildman–Crippen LogP) is 2.00. The lowest BCUT2D eigenvalue weighted by molar-refractivity contribution is -0.354. The van der Waals surface area contributed by atoms with Crippen molar-refractivity contribution in [1.82, 2.24) is 0 Å². The number of hydrogen-bond donors (Lipinski definition) is 6. The van der Waals surface area contributed by atoms with Crippen LogP contribution in [-0.4, -0.2) is 124 Å². The second-order valence-corrected chi connectivity index (χ2v) is 17.8. The first-order chi connectivity index (χ1) is 23.8. The molecule has 1 spiro atoms. The van der Waals surface area contributed by atoms with E-state index in [1.165, 1.54) is 24.8 Å². The van der Waals surface area contributed by atoms with E-state index in [2.05, 4.69) is 33.8 Å². The summed E-state index contributed by atoms with van der Waals surface area (Å²) in [4.78, 5) is 0. The van der Waals surface area contributed by atoms with E-state index < -0.39 is 67.7 Å². The van der Waals surface area contributed by atoms with Crippen molar-refractivity contribution in [2.45, 2.75) is 159 Å². The van der Waals surface area contributed by atoms with Crippen LogP contribution in [0.5, 0.6) is 0 Å². The molecule has 8 rings (SSSR count). The number of aliphatic hydroxyl groups excluding tert-OH is 6. The third-order valence-electron chi connectivity index (χ3n) is 15.2. The normalized spacial score (nSPS) is 57.8. The minimum atomic E-state index is -1.60. The van der Waals surface area contributed by atoms with E-state index in [-0.39, 0.29) is 29.6 Å². The number of hydrogen-bond acceptors (Lipinski definition) is 12. The number of fused-ring (bicyclic) bond motifs is 7. The Morgan fingerprint density at radius 3 is 2.40 bits per heavy atom. The topological polar surface area (TPSA) is 177 Å². The van der Waals surface area contributed by atoms with Gasteiger partial charge in [0.05, 0.1) is 32.0 Å². The molecule has 50 heavy (non-hydrogen) atoms. The van der Waals surface area contributed by atoms with Gasteiger partial charge >= 0.3 is 0 Å². The van der Waals surface area contributed by atoms with Gasteiger partial charge in [0.15, 0.2) is 18.4 Å². The van der Waals surface area contributed by atoms with Gasteiger partial charge in [0.25, 0.3) is 0 Å². The van der Waals surface area contributed by atoms with Gasteiger partial charge in [-0.15, -0.1) is 0 Å². The first-order valence-corrected chi connectivity index (χ1v) is 19.4. The molecule has 12 heteroatoms. The second-order valence-electron chi connectivity index (χ2n) is 17.8. The van der Waals surface area contributed by atoms with Crippen LogP contribution in [0.25, 0.3) is 0 Å². The molecular formula is C38H60O12. The molecule has 20 atom stereocenters. The van der Waals surface area contributed by atoms with E-state index in [4.69, 9.17) is 28.4 Å². The minimum Gasteiger partial charge on any atom is -0.394 e. The van der Waals surface area contributed by atoms with Gasteiger partial charge in [0, 0.05) is 12.3 Å². The summed E-state index contributed by atoms with van der Waals surface area (Å²) >= 11 is 0. The van der Waals surface area contributed by atoms with Gasteiger partial charge in [0.1, 0.15) is 42.7 Å². The van der Waals surface area contributed by atoms with Gasteiger partial charge in [-0.1, -0.05) is 39.3 Å². The van der Waals surface area contributed by atoms with Crippen LogP contribution in [0.3, 0.4) is 0 Å². The number of aliphatic hydroxyl groups is 6. The van der Waals surface area contributed by atoms with Gasteiger partial charge in [-0.05, 0) is 91.8 Å². The molecule has 0 amide bonds. The van der Waals surface area contributed by atoms with Crippen molar-refractivity contribution < 1.29 is 59.1 Å². The highest BCUT2D eigenvalue weighted by Gasteiger charge is 2.68. The maximum absolute atomic E-state index is 11.3. The van der Waals surface area contributed by atoms with Crippen molar-refractivity contribution in [3.05, 3.63) is 11.6 Å². The minimum absolute atomic E-state index is 0.0689. The lowest BCUT2D eigenvalue weighted by Crippen LogP contribution is -2.63. The zero-order chi connectivity index (χ0) is 35.3. The van der Waals surface area contributed by atoms with Gasteiger partial charge in [-0.3, -0.25) is 0 Å². The third kappa shape index (κ3) is 5.61. The first-order valence-electron chi connectivity index (χ1n) is 19.4. The Balaban J connectivity index is 0.938. The lowest BCUT2D eigenvalue weighted by atomic mass is 9.47. The Morgan fingerprint density at radius 1 is 0.860 bits per heavy atom. The van der Waals surface area contributed by atoms with Crippen molar-refractivity contribution in [3.8, 4) is 0 Å². The SMILES string of the molecule is C[C@@H]1CC[C@@]2(OC1)O[C@H]1C[C@H]3[C@@H]4CC=C5C[C@H](O[C@@H]6O[C@H](CO)[C@@H](O)[C@H](O[C@@H]7OC[C@@H](O)[C@H](O)[C@H]7O)[C@H]6O)CC[C@]5(C)[C@H]4CC[C@]3(C)[C@H]1[C@@H]2C. The third-order valence-corrected chi connectivity index (χ3v) is 15.2. The summed E-state index contributed by atoms with van der Waals surface area (Å²) in [6.45, 7) is 9.65. The van der Waals surface area contributed by atoms with Crippen molar-refractivity contribution in [2.24, 2.45) is 46.3 Å². The molecule has 0 bridgehead atoms. The molecule has 12 nitrogen and oxygen atoms in total. The van der Waals surface area contributed by atoms with Crippen molar-refractivity contribution >= 4 is 0 Å². The fourth-order valence-corrected chi connectivity index (χ4v) is 12.3. The molecule has 3 saturated carbocycles. The quantitative estimate of drug-likeness (QED) is 0.230. The van der Waals surface area contributed by atoms with Crippen LogP contribution in [-0.2, 0) is 28.4 Å². The summed E-state index contributed by atoms with van der Waals surface area (Å²) in [5, 5.41) is 62.5. The van der Waals surface area contributed by atoms with Crippen LogP contribution in [0.15, 0.2) is 11.6 Å². The zero-order valence-corrected chi connectivity index (χ0v) is 30.0. The summed E-state index contributed by atoms with van der Waals surface area (Å²) in [6.07, 6.45) is -0.640. The smallest absolute Gasteiger partial charge is 0.186 e. The van der Waals surface area contributed by atoms with Crippen LogP contribution < -0.4 is 0 Å². The summed E-state index contributed by atoms with van der Waals surface area (Å²) in [5.41, 5.74) is 1.73. The maximum atomic E-state index is 11.3. The number of allylic oxidation sites excluding steroid dienone is 1. The largest absolute Gasteiger partial charge is 0.394 e. The first kappa shape index (κ1) is 36.2. The second kappa shape index (κ2) is 13.2. The molecule has 0 aromatic carbocycles. The van der Waals surface area contributed by atoms with Crippen LogP contribution in [0.2, 0.25) is 0 Å². The molecule has 0 aromatic rings. The Kier molecular flexibility index (Phi) is 9.59. The fraction of sp³-hybridized carbons (Fsp3) is 0.947. The van der Waals surface area contributed by atoms with Gasteiger partial charge in [-0.2, -0.15) is 0 Å². The fourth-order valence-electron chi connectivity index (χ4n) is 12.3. The van der Waals surface area contributed by atoms with E-state index >= 15 is 0 Å². The van der Waals surface area contributed by atoms with Gasteiger partial charge < -0.3 is 59.1 Å². The Bertz CT molecular complexity index is 1270. The van der Waals surface area contributed by atoms with E-state index in [0.29, 0.717) is 41.9 Å². The lowest BCUT2D eigenvalue weighted by Gasteiger charge is -2.58. The molecule has 8 aliphatic rings. The monoisotopic (exact) mass is 708 g/mol. The molecule has 284 valence electrons. The molecule has 0 unspecified atom stereocenters. The Morgan fingerprint density at radius 2 is 1.66 bits per heavy atom. The summed E-state index contributed by atoms with van der Waals surface area (Å²) < 4.78 is 36.9. The highest BCUT2D eigenvalue weighted by molar-refractivity contribution is 5.26. The van der Waals surface area contributed by atoms with Crippen molar-refractivity contribution in [2.75, 3.05) is 19.8 Å². The average molecular weight is 709 g/mol. The van der Waals surface area contributed by atoms with Crippen LogP contribution >= 0.6 is 0 Å². The van der Waals surface area contributed by atoms with Crippen LogP contribution in [0.1, 0.15) is 85.5 Å². The van der Waals surface area contributed by atoms with E-state index in [1.54, 1.807) is 0 Å². The summed E-state index contributed by atoms with van der Waals surface area (Å²) in [6, 6.07) is 0. The van der Waals surface area contributed by atoms with E-state index in [1.807, 2.05) is 0 Å². The molecule has 4 saturated heterocycles. The number of rotatable bonds is 5. The number of ether oxygens (including phenoxy) is 6. The molecule has 0 aromatic heterocycles. The highest BCUT2D eigenvalue weighted by atomic mass is 16.7. The predicted molar refractivity (Wildman–Crippen MR) is 177 cm³/mol. The van der Waals surface area contributed by atoms with Gasteiger partial charge in [-0.25, -0.2) is 0 Å². The molecule has 4 aliphatic heterocycles. The van der Waals surface area contributed by atoms with E-state index in [0.717, 1.165) is 38.7 Å². The molecule has 7 fully saturated rings. The summed E-state index contributed by atoms with van der Waals surface area (Å²) in [5.74, 6) is 2.97. The molecule has 6 N–H and O–H groups in total. The van der Waals surface area contributed by atoms with Gasteiger partial charge in [0.2, 0.25) is 0 Å². The molecule has 4 heterocycles.